The van der Waals surface area contributed by atoms with Crippen molar-refractivity contribution in [2.75, 3.05) is 11.9 Å². The minimum atomic E-state index is -0.268. The summed E-state index contributed by atoms with van der Waals surface area (Å²) in [4.78, 5) is 11.9. The van der Waals surface area contributed by atoms with E-state index in [-0.39, 0.29) is 10.6 Å². The van der Waals surface area contributed by atoms with Gasteiger partial charge >= 0.3 is 0 Å². The van der Waals surface area contributed by atoms with Crippen molar-refractivity contribution in [2.45, 2.75) is 38.6 Å². The normalized spacial score (nSPS) is 16.3. The van der Waals surface area contributed by atoms with Crippen LogP contribution in [0, 0.1) is 5.92 Å². The van der Waals surface area contributed by atoms with Crippen LogP contribution >= 0.6 is 11.6 Å². The van der Waals surface area contributed by atoms with Gasteiger partial charge in [-0.1, -0.05) is 36.9 Å². The molecule has 1 heterocycles. The van der Waals surface area contributed by atoms with Crippen molar-refractivity contribution in [3.63, 3.8) is 0 Å². The molecule has 1 fully saturated rings. The topological polar surface area (TPSA) is 46.9 Å². The minimum absolute atomic E-state index is 0.215. The van der Waals surface area contributed by atoms with Crippen LogP contribution in [0.2, 0.25) is 5.02 Å². The van der Waals surface area contributed by atoms with Crippen LogP contribution in [-0.2, 0) is 6.54 Å². The number of halogens is 1. The van der Waals surface area contributed by atoms with Crippen LogP contribution in [0.15, 0.2) is 23.6 Å². The van der Waals surface area contributed by atoms with E-state index in [1.54, 1.807) is 12.3 Å². The SMILES string of the molecule is C=CCn1ncc(NCC2CCCCC2)c(Cl)c1=O. The molecule has 0 amide bonds. The number of hydrogen-bond acceptors (Lipinski definition) is 3. The first-order chi connectivity index (χ1) is 9.22. The molecule has 4 nitrogen and oxygen atoms in total. The Hall–Kier alpha value is -1.29. The molecule has 0 spiro atoms. The molecule has 2 rings (SSSR count). The zero-order valence-corrected chi connectivity index (χ0v) is 11.8. The lowest BCUT2D eigenvalue weighted by Crippen LogP contribution is -2.25. The van der Waals surface area contributed by atoms with Crippen molar-refractivity contribution >= 4 is 17.3 Å². The molecular weight excluding hydrogens is 262 g/mol. The smallest absolute Gasteiger partial charge is 0.287 e. The summed E-state index contributed by atoms with van der Waals surface area (Å²) in [6, 6.07) is 0. The fourth-order valence-corrected chi connectivity index (χ4v) is 2.70. The van der Waals surface area contributed by atoms with Crippen LogP contribution < -0.4 is 10.9 Å². The number of rotatable bonds is 5. The molecule has 1 N–H and O–H groups in total. The van der Waals surface area contributed by atoms with Gasteiger partial charge in [-0.05, 0) is 18.8 Å². The van der Waals surface area contributed by atoms with Crippen molar-refractivity contribution in [2.24, 2.45) is 5.92 Å². The van der Waals surface area contributed by atoms with Crippen LogP contribution in [-0.4, -0.2) is 16.3 Å². The molecule has 1 aliphatic carbocycles. The summed E-state index contributed by atoms with van der Waals surface area (Å²) in [7, 11) is 0. The number of aromatic nitrogens is 2. The van der Waals surface area contributed by atoms with Crippen LogP contribution in [0.3, 0.4) is 0 Å². The summed E-state index contributed by atoms with van der Waals surface area (Å²) < 4.78 is 1.31. The zero-order valence-electron chi connectivity index (χ0n) is 11.1. The minimum Gasteiger partial charge on any atom is -0.382 e. The average Bonchev–Trinajstić information content (AvgIpc) is 2.44. The van der Waals surface area contributed by atoms with Gasteiger partial charge in [0.05, 0.1) is 18.4 Å². The number of hydrogen-bond donors (Lipinski definition) is 1. The summed E-state index contributed by atoms with van der Waals surface area (Å²) in [5, 5.41) is 7.55. The number of nitrogens with one attached hydrogen (secondary N) is 1. The molecule has 1 aromatic heterocycles. The summed E-state index contributed by atoms with van der Waals surface area (Å²) in [5.41, 5.74) is 0.368. The third kappa shape index (κ3) is 3.60. The molecule has 1 aliphatic rings. The quantitative estimate of drug-likeness (QED) is 0.844. The highest BCUT2D eigenvalue weighted by molar-refractivity contribution is 6.32. The van der Waals surface area contributed by atoms with E-state index < -0.39 is 0 Å². The van der Waals surface area contributed by atoms with E-state index in [1.807, 2.05) is 0 Å². The maximum Gasteiger partial charge on any atom is 0.287 e. The van der Waals surface area contributed by atoms with E-state index in [4.69, 9.17) is 11.6 Å². The molecule has 104 valence electrons. The second-order valence-electron chi connectivity index (χ2n) is 5.03. The first kappa shape index (κ1) is 14.1. The standard InChI is InChI=1S/C14H20ClN3O/c1-2-8-18-14(19)13(15)12(10-17-18)16-9-11-6-4-3-5-7-11/h2,10-11,16H,1,3-9H2. The Bertz CT molecular complexity index is 492. The second kappa shape index (κ2) is 6.75. The van der Waals surface area contributed by atoms with E-state index in [2.05, 4.69) is 17.0 Å². The summed E-state index contributed by atoms with van der Waals surface area (Å²) in [5.74, 6) is 0.681. The predicted octanol–water partition coefficient (Wildman–Crippen LogP) is 3.07. The van der Waals surface area contributed by atoms with Gasteiger partial charge < -0.3 is 5.32 Å². The average molecular weight is 282 g/mol. The van der Waals surface area contributed by atoms with Crippen molar-refractivity contribution in [3.05, 3.63) is 34.2 Å². The number of allylic oxidation sites excluding steroid dienone is 1. The molecule has 1 saturated carbocycles. The Labute approximate surface area is 118 Å². The fraction of sp³-hybridized carbons (Fsp3) is 0.571. The Balaban J connectivity index is 2.02. The van der Waals surface area contributed by atoms with Gasteiger partial charge in [-0.15, -0.1) is 6.58 Å². The monoisotopic (exact) mass is 281 g/mol. The molecule has 19 heavy (non-hydrogen) atoms. The van der Waals surface area contributed by atoms with Crippen LogP contribution in [0.25, 0.3) is 0 Å². The third-order valence-electron chi connectivity index (χ3n) is 3.59. The van der Waals surface area contributed by atoms with Gasteiger partial charge in [-0.3, -0.25) is 4.79 Å². The highest BCUT2D eigenvalue weighted by atomic mass is 35.5. The molecule has 1 aromatic rings. The summed E-state index contributed by atoms with van der Waals surface area (Å²) in [6.45, 7) is 4.83. The maximum absolute atomic E-state index is 11.9. The van der Waals surface area contributed by atoms with Crippen molar-refractivity contribution in [1.82, 2.24) is 9.78 Å². The van der Waals surface area contributed by atoms with E-state index in [0.717, 1.165) is 6.54 Å². The number of nitrogens with zero attached hydrogens (tertiary/aromatic N) is 2. The van der Waals surface area contributed by atoms with Gasteiger partial charge in [-0.2, -0.15) is 5.10 Å². The maximum atomic E-state index is 11.9. The number of anilines is 1. The van der Waals surface area contributed by atoms with E-state index >= 15 is 0 Å². The van der Waals surface area contributed by atoms with E-state index in [1.165, 1.54) is 36.8 Å². The van der Waals surface area contributed by atoms with Gasteiger partial charge in [0.2, 0.25) is 0 Å². The van der Waals surface area contributed by atoms with Gasteiger partial charge in [0.15, 0.2) is 0 Å². The molecular formula is C14H20ClN3O. The first-order valence-corrected chi connectivity index (χ1v) is 7.20. The fourth-order valence-electron chi connectivity index (χ4n) is 2.49. The lowest BCUT2D eigenvalue weighted by atomic mass is 9.89. The lowest BCUT2D eigenvalue weighted by Gasteiger charge is -2.22. The van der Waals surface area contributed by atoms with Crippen LogP contribution in [0.1, 0.15) is 32.1 Å². The van der Waals surface area contributed by atoms with Crippen molar-refractivity contribution in [1.29, 1.82) is 0 Å². The zero-order chi connectivity index (χ0) is 13.7. The molecule has 0 unspecified atom stereocenters. The molecule has 0 radical (unpaired) electrons. The van der Waals surface area contributed by atoms with E-state index in [9.17, 15) is 4.79 Å². The second-order valence-corrected chi connectivity index (χ2v) is 5.41. The van der Waals surface area contributed by atoms with Gasteiger partial charge in [0.25, 0.3) is 5.56 Å². The van der Waals surface area contributed by atoms with E-state index in [0.29, 0.717) is 18.2 Å². The molecule has 0 bridgehead atoms. The first-order valence-electron chi connectivity index (χ1n) is 6.82. The summed E-state index contributed by atoms with van der Waals surface area (Å²) in [6.07, 6.45) is 9.71. The van der Waals surface area contributed by atoms with Crippen LogP contribution in [0.4, 0.5) is 5.69 Å². The van der Waals surface area contributed by atoms with Gasteiger partial charge in [0, 0.05) is 6.54 Å². The molecule has 0 saturated heterocycles. The van der Waals surface area contributed by atoms with Gasteiger partial charge in [0.1, 0.15) is 5.02 Å². The molecule has 5 heteroatoms. The highest BCUT2D eigenvalue weighted by Crippen LogP contribution is 2.24. The van der Waals surface area contributed by atoms with Gasteiger partial charge in [-0.25, -0.2) is 4.68 Å². The Morgan fingerprint density at radius 1 is 1.47 bits per heavy atom. The van der Waals surface area contributed by atoms with Crippen molar-refractivity contribution < 1.29 is 0 Å². The van der Waals surface area contributed by atoms with Crippen molar-refractivity contribution in [3.8, 4) is 0 Å². The molecule has 0 atom stereocenters. The molecule has 0 aliphatic heterocycles. The highest BCUT2D eigenvalue weighted by Gasteiger charge is 2.14. The third-order valence-corrected chi connectivity index (χ3v) is 3.96. The summed E-state index contributed by atoms with van der Waals surface area (Å²) >= 11 is 6.08. The molecule has 0 aromatic carbocycles. The predicted molar refractivity (Wildman–Crippen MR) is 78.8 cm³/mol. The Kier molecular flexibility index (Phi) is 5.02. The largest absolute Gasteiger partial charge is 0.382 e. The van der Waals surface area contributed by atoms with Crippen LogP contribution in [0.5, 0.6) is 0 Å². The Morgan fingerprint density at radius 2 is 2.21 bits per heavy atom. The Morgan fingerprint density at radius 3 is 2.89 bits per heavy atom. The lowest BCUT2D eigenvalue weighted by molar-refractivity contribution is 0.373.